The summed E-state index contributed by atoms with van der Waals surface area (Å²) in [5.74, 6) is 0.351. The van der Waals surface area contributed by atoms with Gasteiger partial charge in [-0.1, -0.05) is 23.2 Å². The molecule has 0 saturated heterocycles. The number of hydrogen-bond acceptors (Lipinski definition) is 3. The number of nitrogens with zero attached hydrogens (tertiary/aromatic N) is 2. The van der Waals surface area contributed by atoms with Crippen molar-refractivity contribution in [1.29, 1.82) is 0 Å². The van der Waals surface area contributed by atoms with Crippen molar-refractivity contribution in [2.75, 3.05) is 4.72 Å². The predicted octanol–water partition coefficient (Wildman–Crippen LogP) is 2.84. The Balaban J connectivity index is 2.46. The van der Waals surface area contributed by atoms with Gasteiger partial charge < -0.3 is 0 Å². The number of hydrogen-bond donors (Lipinski definition) is 1. The summed E-state index contributed by atoms with van der Waals surface area (Å²) in [6.45, 7) is 1.71. The minimum atomic E-state index is -3.78. The molecule has 2 rings (SSSR count). The van der Waals surface area contributed by atoms with Gasteiger partial charge in [0.15, 0.2) is 0 Å². The predicted molar refractivity (Wildman–Crippen MR) is 75.2 cm³/mol. The van der Waals surface area contributed by atoms with E-state index in [9.17, 15) is 8.42 Å². The Hall–Kier alpha value is -1.24. The summed E-state index contributed by atoms with van der Waals surface area (Å²) in [6.07, 6.45) is 1.49. The van der Waals surface area contributed by atoms with Crippen molar-refractivity contribution in [3.63, 3.8) is 0 Å². The molecule has 0 aliphatic rings. The zero-order valence-electron chi connectivity index (χ0n) is 10.2. The van der Waals surface area contributed by atoms with Crippen LogP contribution >= 0.6 is 23.2 Å². The highest BCUT2D eigenvalue weighted by Crippen LogP contribution is 2.29. The number of benzene rings is 1. The maximum atomic E-state index is 12.3. The first-order valence-corrected chi connectivity index (χ1v) is 7.51. The molecule has 0 amide bonds. The Labute approximate surface area is 121 Å². The summed E-state index contributed by atoms with van der Waals surface area (Å²) >= 11 is 11.8. The highest BCUT2D eigenvalue weighted by molar-refractivity contribution is 7.92. The lowest BCUT2D eigenvalue weighted by atomic mass is 10.2. The Morgan fingerprint density at radius 3 is 2.53 bits per heavy atom. The summed E-state index contributed by atoms with van der Waals surface area (Å²) in [4.78, 5) is -0.0164. The molecule has 1 aromatic carbocycles. The molecule has 19 heavy (non-hydrogen) atoms. The number of nitrogens with one attached hydrogen (secondary N) is 1. The van der Waals surface area contributed by atoms with Crippen molar-refractivity contribution in [3.05, 3.63) is 40.0 Å². The number of aromatic nitrogens is 2. The molecule has 0 saturated carbocycles. The minimum Gasteiger partial charge on any atom is -0.264 e. The van der Waals surface area contributed by atoms with Gasteiger partial charge in [0.1, 0.15) is 10.7 Å². The molecule has 102 valence electrons. The summed E-state index contributed by atoms with van der Waals surface area (Å²) < 4.78 is 28.3. The van der Waals surface area contributed by atoms with Gasteiger partial charge in [0.05, 0.1) is 11.2 Å². The van der Waals surface area contributed by atoms with Crippen LogP contribution in [0.5, 0.6) is 0 Å². The van der Waals surface area contributed by atoms with E-state index in [0.717, 1.165) is 0 Å². The summed E-state index contributed by atoms with van der Waals surface area (Å²) in [7, 11) is -2.15. The highest BCUT2D eigenvalue weighted by atomic mass is 35.5. The van der Waals surface area contributed by atoms with Crippen molar-refractivity contribution in [2.24, 2.45) is 7.05 Å². The van der Waals surface area contributed by atoms with Crippen LogP contribution in [0.25, 0.3) is 0 Å². The number of rotatable bonds is 3. The molecule has 0 aliphatic heterocycles. The monoisotopic (exact) mass is 319 g/mol. The first-order valence-electron chi connectivity index (χ1n) is 5.28. The van der Waals surface area contributed by atoms with E-state index in [0.29, 0.717) is 16.4 Å². The SMILES string of the molecule is Cc1cc(S(=O)(=O)Nc2ccnn2C)c(Cl)cc1Cl. The number of aryl methyl sites for hydroxylation is 2. The Morgan fingerprint density at radius 2 is 1.95 bits per heavy atom. The minimum absolute atomic E-state index is 0.0164. The van der Waals surface area contributed by atoms with E-state index < -0.39 is 10.0 Å². The van der Waals surface area contributed by atoms with Crippen LogP contribution in [0.3, 0.4) is 0 Å². The standard InChI is InChI=1S/C11H11Cl2N3O2S/c1-7-5-10(9(13)6-8(7)12)19(17,18)15-11-3-4-14-16(11)2/h3-6,15H,1-2H3. The first-order chi connectivity index (χ1) is 8.81. The van der Waals surface area contributed by atoms with Gasteiger partial charge in [-0.05, 0) is 24.6 Å². The molecule has 0 bridgehead atoms. The smallest absolute Gasteiger partial charge is 0.264 e. The van der Waals surface area contributed by atoms with Crippen LogP contribution in [-0.4, -0.2) is 18.2 Å². The van der Waals surface area contributed by atoms with Crippen LogP contribution in [0.15, 0.2) is 29.3 Å². The van der Waals surface area contributed by atoms with E-state index in [1.54, 1.807) is 20.0 Å². The second kappa shape index (κ2) is 5.03. The van der Waals surface area contributed by atoms with Gasteiger partial charge in [-0.15, -0.1) is 0 Å². The maximum Gasteiger partial charge on any atom is 0.264 e. The van der Waals surface area contributed by atoms with Crippen molar-refractivity contribution < 1.29 is 8.42 Å². The van der Waals surface area contributed by atoms with Gasteiger partial charge >= 0.3 is 0 Å². The van der Waals surface area contributed by atoms with E-state index in [1.165, 1.54) is 23.0 Å². The van der Waals surface area contributed by atoms with Gasteiger partial charge in [0.2, 0.25) is 0 Å². The van der Waals surface area contributed by atoms with Gasteiger partial charge in [-0.25, -0.2) is 8.42 Å². The molecule has 0 radical (unpaired) electrons. The molecule has 0 unspecified atom stereocenters. The Bertz CT molecular complexity index is 726. The average molecular weight is 320 g/mol. The van der Waals surface area contributed by atoms with Gasteiger partial charge in [-0.3, -0.25) is 9.40 Å². The summed E-state index contributed by atoms with van der Waals surface area (Å²) in [5, 5.41) is 4.38. The zero-order chi connectivity index (χ0) is 14.2. The average Bonchev–Trinajstić information content (AvgIpc) is 2.69. The number of sulfonamides is 1. The molecule has 1 aromatic heterocycles. The zero-order valence-corrected chi connectivity index (χ0v) is 12.5. The second-order valence-electron chi connectivity index (χ2n) is 3.98. The summed E-state index contributed by atoms with van der Waals surface area (Å²) in [6, 6.07) is 4.40. The van der Waals surface area contributed by atoms with Crippen molar-refractivity contribution >= 4 is 39.0 Å². The normalized spacial score (nSPS) is 11.6. The van der Waals surface area contributed by atoms with Crippen LogP contribution in [-0.2, 0) is 17.1 Å². The third kappa shape index (κ3) is 2.86. The Morgan fingerprint density at radius 1 is 1.26 bits per heavy atom. The van der Waals surface area contributed by atoms with Crippen LogP contribution in [0.2, 0.25) is 10.0 Å². The van der Waals surface area contributed by atoms with Gasteiger partial charge in [0.25, 0.3) is 10.0 Å². The van der Waals surface area contributed by atoms with E-state index in [4.69, 9.17) is 23.2 Å². The molecule has 1 heterocycles. The lowest BCUT2D eigenvalue weighted by Gasteiger charge is -2.11. The number of halogens is 2. The molecule has 0 fully saturated rings. The first kappa shape index (κ1) is 14.2. The molecule has 5 nitrogen and oxygen atoms in total. The van der Waals surface area contributed by atoms with Crippen LogP contribution < -0.4 is 4.72 Å². The fourth-order valence-corrected chi connectivity index (χ4v) is 3.42. The fourth-order valence-electron chi connectivity index (χ4n) is 1.50. The van der Waals surface area contributed by atoms with E-state index in [1.807, 2.05) is 0 Å². The lowest BCUT2D eigenvalue weighted by Crippen LogP contribution is -2.16. The van der Waals surface area contributed by atoms with Crippen molar-refractivity contribution in [1.82, 2.24) is 9.78 Å². The van der Waals surface area contributed by atoms with Gasteiger partial charge in [-0.2, -0.15) is 5.10 Å². The Kier molecular flexibility index (Phi) is 3.75. The van der Waals surface area contributed by atoms with E-state index in [2.05, 4.69) is 9.82 Å². The second-order valence-corrected chi connectivity index (χ2v) is 6.44. The molecule has 1 N–H and O–H groups in total. The molecular weight excluding hydrogens is 309 g/mol. The number of anilines is 1. The maximum absolute atomic E-state index is 12.3. The molecular formula is C11H11Cl2N3O2S. The summed E-state index contributed by atoms with van der Waals surface area (Å²) in [5.41, 5.74) is 0.636. The molecule has 2 aromatic rings. The van der Waals surface area contributed by atoms with Crippen LogP contribution in [0.1, 0.15) is 5.56 Å². The highest BCUT2D eigenvalue weighted by Gasteiger charge is 2.20. The quantitative estimate of drug-likeness (QED) is 0.946. The van der Waals surface area contributed by atoms with E-state index in [-0.39, 0.29) is 9.92 Å². The van der Waals surface area contributed by atoms with Gasteiger partial charge in [0, 0.05) is 18.1 Å². The van der Waals surface area contributed by atoms with Crippen LogP contribution in [0.4, 0.5) is 5.82 Å². The van der Waals surface area contributed by atoms with Crippen LogP contribution in [0, 0.1) is 6.92 Å². The molecule has 0 aliphatic carbocycles. The lowest BCUT2D eigenvalue weighted by molar-refractivity contribution is 0.600. The molecule has 0 spiro atoms. The topological polar surface area (TPSA) is 64.0 Å². The molecule has 0 atom stereocenters. The third-order valence-corrected chi connectivity index (χ3v) is 4.79. The van der Waals surface area contributed by atoms with Crippen molar-refractivity contribution in [2.45, 2.75) is 11.8 Å². The van der Waals surface area contributed by atoms with Crippen molar-refractivity contribution in [3.8, 4) is 0 Å². The fraction of sp³-hybridized carbons (Fsp3) is 0.182. The largest absolute Gasteiger partial charge is 0.264 e. The van der Waals surface area contributed by atoms with E-state index >= 15 is 0 Å². The third-order valence-electron chi connectivity index (χ3n) is 2.56. The molecule has 8 heteroatoms.